The van der Waals surface area contributed by atoms with E-state index in [1.54, 1.807) is 0 Å². The van der Waals surface area contributed by atoms with Crippen molar-refractivity contribution in [1.82, 2.24) is 0 Å². The molecular weight excluding hydrogens is 1340 g/mol. The molecule has 0 spiro atoms. The van der Waals surface area contributed by atoms with Crippen molar-refractivity contribution in [3.05, 3.63) is 59.7 Å². The van der Waals surface area contributed by atoms with Crippen molar-refractivity contribution in [3.8, 4) is 0 Å². The second kappa shape index (κ2) is 35.0. The second-order valence-corrected chi connectivity index (χ2v) is 23.7. The molecule has 0 aromatic heterocycles. The molecule has 536 valence electrons. The molecule has 21 aliphatic heterocycles. The smallest absolute Gasteiger partial charge is 0.545 e. The molecule has 23 rings (SSSR count). The minimum Gasteiger partial charge on any atom is -0.545 e. The van der Waals surface area contributed by atoms with Gasteiger partial charge in [-0.2, -0.15) is 0 Å². The zero-order valence-corrected chi connectivity index (χ0v) is 55.6. The molecule has 97 heavy (non-hydrogen) atoms. The van der Waals surface area contributed by atoms with Gasteiger partial charge in [-0.25, -0.2) is 0 Å². The Morgan fingerprint density at radius 3 is 0.649 bits per heavy atom. The predicted molar refractivity (Wildman–Crippen MR) is 293 cm³/mol. The monoisotopic (exact) mass is 1420 g/mol. The molecule has 0 radical (unpaired) electrons. The van der Waals surface area contributed by atoms with Crippen LogP contribution < -0.4 is 80.0 Å². The number of carboxylic acid groups (broad SMARTS) is 2. The number of carbonyl (C=O) groups is 2. The van der Waals surface area contributed by atoms with E-state index in [9.17, 15) is 117 Å². The standard InChI is InChI=1S/C56H80N2O37.2Na/c59-11-22-43-30(67)37(74)53(85-22)93-45-24(13-61)87-55(39(76)32(45)69)95-47-26(15-63)88-56(40(77)33(47)70)94-46-25(14-62)86-54(38(75)31(46)68)92-44-23(12-60)84-52(36(73)29(44)66)90-42-21(10-58-19-8-4-2-6-17(19)49(80)81)82-50(34(71)27(42)64)89-41-20(83-51(91-43)35(72)28(41)65)9-57-18-7-3-1-5-16(18)48(78)79;;/h1-8,20-47,50-77H,9-15H2,(H,78,79)(H,80,81);;/q;2*+1/p-2/t20-,21+,22-,23+,24-,25+,26-,27-,28+,29-,30+,31-,32-,33-,34-,35+,36-,37+,38-,39+,40-,41-,42-,43-,44-,45-,46-,47-,50-,51-,52-,53-,54-,55-,56-;;/m1../s1. The van der Waals surface area contributed by atoms with Crippen LogP contribution in [0.2, 0.25) is 0 Å². The Bertz CT molecular complexity index is 2760. The summed E-state index contributed by atoms with van der Waals surface area (Å²) >= 11 is 0. The van der Waals surface area contributed by atoms with E-state index in [-0.39, 0.29) is 70.5 Å². The van der Waals surface area contributed by atoms with E-state index in [0.29, 0.717) is 0 Å². The van der Waals surface area contributed by atoms with Gasteiger partial charge in [0.25, 0.3) is 0 Å². The van der Waals surface area contributed by atoms with Gasteiger partial charge < -0.3 is 194 Å². The van der Waals surface area contributed by atoms with Crippen LogP contribution in [0.1, 0.15) is 20.7 Å². The first-order chi connectivity index (χ1) is 45.3. The summed E-state index contributed by atoms with van der Waals surface area (Å²) in [6.07, 6.45) is -72.9. The van der Waals surface area contributed by atoms with Crippen LogP contribution in [0.5, 0.6) is 0 Å². The van der Waals surface area contributed by atoms with Gasteiger partial charge in [-0.15, -0.1) is 0 Å². The van der Waals surface area contributed by atoms with Crippen LogP contribution in [0.4, 0.5) is 11.4 Å². The van der Waals surface area contributed by atoms with Crippen LogP contribution in [0, 0.1) is 0 Å². The number of anilines is 2. The number of ether oxygens (including phenoxy) is 14. The maximum atomic E-state index is 12.2. The maximum Gasteiger partial charge on any atom is 1.00 e. The van der Waals surface area contributed by atoms with Gasteiger partial charge in [0.05, 0.1) is 45.0 Å². The maximum absolute atomic E-state index is 12.2. The average molecular weight is 1420 g/mol. The second-order valence-electron chi connectivity index (χ2n) is 23.7. The fourth-order valence-electron chi connectivity index (χ4n) is 12.5. The van der Waals surface area contributed by atoms with Crippen molar-refractivity contribution >= 4 is 23.3 Å². The number of aromatic carboxylic acids is 2. The van der Waals surface area contributed by atoms with Crippen molar-refractivity contribution < 1.29 is 242 Å². The summed E-state index contributed by atoms with van der Waals surface area (Å²) in [6.45, 7) is -6.76. The van der Waals surface area contributed by atoms with Crippen molar-refractivity contribution in [2.24, 2.45) is 0 Å². The topological polar surface area (TPSA) is 618 Å². The minimum atomic E-state index is -2.33. The molecule has 21 saturated heterocycles. The van der Waals surface area contributed by atoms with Gasteiger partial charge in [0, 0.05) is 35.6 Å². The summed E-state index contributed by atoms with van der Waals surface area (Å²) in [4.78, 5) is 24.4. The van der Waals surface area contributed by atoms with Gasteiger partial charge in [-0.05, 0) is 12.1 Å². The number of hydrogen-bond acceptors (Lipinski definition) is 39. The van der Waals surface area contributed by atoms with Crippen LogP contribution in [0.15, 0.2) is 48.5 Å². The summed E-state index contributed by atoms with van der Waals surface area (Å²) < 4.78 is 82.4. The number of carbonyl (C=O) groups excluding carboxylic acids is 2. The van der Waals surface area contributed by atoms with E-state index in [0.717, 1.165) is 12.1 Å². The molecule has 0 amide bonds. The number of hydrogen-bond donors (Lipinski definition) is 21. The third-order valence-electron chi connectivity index (χ3n) is 17.7. The Hall–Kier alpha value is -2.34. The van der Waals surface area contributed by atoms with Gasteiger partial charge in [0.1, 0.15) is 171 Å². The Labute approximate surface area is 593 Å². The number of rotatable bonds is 13. The molecule has 21 aliphatic rings. The number of para-hydroxylation sites is 2. The molecule has 21 heterocycles. The summed E-state index contributed by atoms with van der Waals surface area (Å²) in [5, 5.41) is 246. The van der Waals surface area contributed by atoms with Gasteiger partial charge in [0.15, 0.2) is 44.0 Å². The molecule has 35 atom stereocenters. The first-order valence-corrected chi connectivity index (χ1v) is 30.2. The van der Waals surface area contributed by atoms with Crippen molar-refractivity contribution in [2.75, 3.05) is 56.8 Å². The SMILES string of the molecule is O=C([O-])c1ccccc1NC[C@@H]1O[C@@H]2O[C@H]3[C@@H](O)[C@H](O)[C@@H](O[C@H]4[C@@H](O)[C@H](O)[C@@H](O[C@H]5[C@H](O)[C@H](O)[C@@H](O[C@H]6[C@H](O)[C@@H](O)[C@@H](O[C@H]7[C@H](O)[C@@H](O)[C@@H](O[C@H]8[C@H](O)[C@@H](O)[C@@H](O[C@H]1[C@H](O)[C@H]2O)O[C@H]8CO)O[C@H]7CO)O[C@@H]6CO)O[C@@H]5CO)O[C@@H]4CO)O[C@@H]3CNc1ccccc1C(=O)[O-].[Na+].[Na+]. The third kappa shape index (κ3) is 16.9. The summed E-state index contributed by atoms with van der Waals surface area (Å²) in [5.74, 6) is -3.32. The molecule has 2 aromatic rings. The van der Waals surface area contributed by atoms with Crippen molar-refractivity contribution in [1.29, 1.82) is 0 Å². The van der Waals surface area contributed by atoms with Crippen molar-refractivity contribution in [3.63, 3.8) is 0 Å². The molecule has 39 nitrogen and oxygen atoms in total. The minimum absolute atomic E-state index is 0. The van der Waals surface area contributed by atoms with Gasteiger partial charge in [-0.3, -0.25) is 0 Å². The van der Waals surface area contributed by atoms with Gasteiger partial charge in [0.2, 0.25) is 0 Å². The molecular formula is C56H78N2Na2O37. The Kier molecular flexibility index (Phi) is 29.0. The molecule has 21 fully saturated rings. The van der Waals surface area contributed by atoms with Crippen LogP contribution in [0.3, 0.4) is 0 Å². The van der Waals surface area contributed by atoms with E-state index in [1.807, 2.05) is 0 Å². The first kappa shape index (κ1) is 80.3. The molecule has 0 unspecified atom stereocenters. The van der Waals surface area contributed by atoms with E-state index in [4.69, 9.17) is 66.3 Å². The van der Waals surface area contributed by atoms with E-state index in [1.165, 1.54) is 36.4 Å². The largest absolute Gasteiger partial charge is 1.00 e. The van der Waals surface area contributed by atoms with Crippen molar-refractivity contribution in [2.45, 2.75) is 215 Å². The van der Waals surface area contributed by atoms with E-state index in [2.05, 4.69) is 10.6 Å². The Morgan fingerprint density at radius 2 is 0.464 bits per heavy atom. The number of nitrogens with one attached hydrogen (secondary N) is 2. The normalized spacial score (nSPS) is 45.9. The van der Waals surface area contributed by atoms with E-state index < -0.39 is 284 Å². The van der Waals surface area contributed by atoms with Gasteiger partial charge >= 0.3 is 59.1 Å². The molecule has 21 N–H and O–H groups in total. The van der Waals surface area contributed by atoms with Crippen LogP contribution in [-0.2, 0) is 66.3 Å². The Balaban J connectivity index is 0.00000601. The summed E-state index contributed by atoms with van der Waals surface area (Å²) in [5.41, 5.74) is -1.04. The van der Waals surface area contributed by atoms with Crippen LogP contribution >= 0.6 is 0 Å². The number of carboxylic acids is 2. The molecule has 41 heteroatoms. The van der Waals surface area contributed by atoms with Crippen LogP contribution in [-0.4, -0.2) is 370 Å². The van der Waals surface area contributed by atoms with E-state index >= 15 is 0 Å². The predicted octanol–water partition coefficient (Wildman–Crippen LogP) is -20.3. The fourth-order valence-corrected chi connectivity index (χ4v) is 12.5. The number of aliphatic hydroxyl groups is 19. The first-order valence-electron chi connectivity index (χ1n) is 30.2. The van der Waals surface area contributed by atoms with Gasteiger partial charge in [-0.1, -0.05) is 36.4 Å². The van der Waals surface area contributed by atoms with Crippen LogP contribution in [0.25, 0.3) is 0 Å². The quantitative estimate of drug-likeness (QED) is 0.0828. The number of aliphatic hydroxyl groups excluding tert-OH is 19. The Morgan fingerprint density at radius 1 is 0.289 bits per heavy atom. The fraction of sp³-hybridized carbons (Fsp3) is 0.750. The summed E-state index contributed by atoms with van der Waals surface area (Å²) in [6, 6.07) is 10.5. The summed E-state index contributed by atoms with van der Waals surface area (Å²) in [7, 11) is 0. The average Bonchev–Trinajstić information content (AvgIpc) is 0.787. The zero-order valence-electron chi connectivity index (χ0n) is 51.6. The third-order valence-corrected chi connectivity index (χ3v) is 17.7. The number of benzene rings is 2. The molecule has 0 saturated carbocycles. The molecule has 14 bridgehead atoms. The molecule has 0 aliphatic carbocycles. The zero-order chi connectivity index (χ0) is 68.6. The molecule has 2 aromatic carbocycles.